The van der Waals surface area contributed by atoms with Gasteiger partial charge in [-0.25, -0.2) is 8.42 Å². The first-order valence-corrected chi connectivity index (χ1v) is 16.7. The van der Waals surface area contributed by atoms with Crippen LogP contribution < -0.4 is 0 Å². The summed E-state index contributed by atoms with van der Waals surface area (Å²) in [6.07, 6.45) is 4.83. The summed E-state index contributed by atoms with van der Waals surface area (Å²) in [6, 6.07) is 8.22. The third-order valence-corrected chi connectivity index (χ3v) is 14.1. The highest BCUT2D eigenvalue weighted by molar-refractivity contribution is 7.92. The average Bonchev–Trinajstić information content (AvgIpc) is 2.76. The van der Waals surface area contributed by atoms with Gasteiger partial charge in [0.25, 0.3) is 0 Å². The van der Waals surface area contributed by atoms with Gasteiger partial charge in [0.05, 0.1) is 17.6 Å². The molecule has 0 bridgehead atoms. The van der Waals surface area contributed by atoms with E-state index in [0.717, 1.165) is 0 Å². The van der Waals surface area contributed by atoms with Crippen LogP contribution in [0.2, 0.25) is 18.1 Å². The van der Waals surface area contributed by atoms with Crippen molar-refractivity contribution in [3.63, 3.8) is 0 Å². The predicted octanol–water partition coefficient (Wildman–Crippen LogP) is 5.15. The Hall–Kier alpha value is -1.29. The SMILES string of the molecule is C/C=C/C=C/C(C(C)(O)[C@@H]1OC[C@H](C)[C@H](OC)[C@H]1O[Si](C)(C)C(C)(C)C)S(=O)(=O)c1ccccc1. The Morgan fingerprint density at radius 1 is 1.11 bits per heavy atom. The summed E-state index contributed by atoms with van der Waals surface area (Å²) in [5, 5.41) is 10.7. The van der Waals surface area contributed by atoms with Crippen LogP contribution in [0, 0.1) is 5.92 Å². The molecule has 0 aliphatic carbocycles. The molecule has 1 aromatic rings. The number of aliphatic hydroxyl groups is 1. The maximum Gasteiger partial charge on any atom is 0.192 e. The maximum absolute atomic E-state index is 13.8. The van der Waals surface area contributed by atoms with Gasteiger partial charge in [-0.2, -0.15) is 0 Å². The summed E-state index contributed by atoms with van der Waals surface area (Å²) in [6.45, 7) is 16.4. The van der Waals surface area contributed by atoms with Crippen LogP contribution in [-0.4, -0.2) is 64.7 Å². The predicted molar refractivity (Wildman–Crippen MR) is 144 cm³/mol. The van der Waals surface area contributed by atoms with E-state index in [1.807, 2.05) is 13.8 Å². The third-order valence-electron chi connectivity index (χ3n) is 7.38. The van der Waals surface area contributed by atoms with Crippen LogP contribution in [-0.2, 0) is 23.7 Å². The average molecular weight is 525 g/mol. The third kappa shape index (κ3) is 6.53. The van der Waals surface area contributed by atoms with E-state index in [1.54, 1.807) is 55.7 Å². The molecular formula is C27H44O6SSi. The van der Waals surface area contributed by atoms with Crippen molar-refractivity contribution in [3.8, 4) is 0 Å². The lowest BCUT2D eigenvalue weighted by Crippen LogP contribution is -2.66. The second-order valence-electron chi connectivity index (χ2n) is 11.2. The number of benzene rings is 1. The van der Waals surface area contributed by atoms with Gasteiger partial charge in [-0.3, -0.25) is 0 Å². The molecule has 0 aromatic heterocycles. The van der Waals surface area contributed by atoms with Crippen molar-refractivity contribution in [1.82, 2.24) is 0 Å². The Kier molecular flexibility index (Phi) is 9.75. The van der Waals surface area contributed by atoms with Crippen molar-refractivity contribution in [1.29, 1.82) is 0 Å². The van der Waals surface area contributed by atoms with Gasteiger partial charge in [0.15, 0.2) is 18.2 Å². The molecule has 1 aliphatic heterocycles. The summed E-state index contributed by atoms with van der Waals surface area (Å²) < 4.78 is 46.6. The molecule has 0 radical (unpaired) electrons. The molecule has 2 unspecified atom stereocenters. The van der Waals surface area contributed by atoms with Crippen LogP contribution in [0.15, 0.2) is 59.5 Å². The molecule has 6 nitrogen and oxygen atoms in total. The highest BCUT2D eigenvalue weighted by Gasteiger charge is 2.56. The zero-order chi connectivity index (χ0) is 26.7. The summed E-state index contributed by atoms with van der Waals surface area (Å²) in [4.78, 5) is 0.143. The fourth-order valence-corrected chi connectivity index (χ4v) is 7.44. The van der Waals surface area contributed by atoms with Crippen molar-refractivity contribution >= 4 is 18.2 Å². The number of ether oxygens (including phenoxy) is 2. The number of hydrogen-bond acceptors (Lipinski definition) is 6. The summed E-state index contributed by atoms with van der Waals surface area (Å²) in [5.74, 6) is 0.0181. The molecule has 8 heteroatoms. The van der Waals surface area contributed by atoms with E-state index in [-0.39, 0.29) is 22.0 Å². The first-order valence-electron chi connectivity index (χ1n) is 12.2. The number of sulfone groups is 1. The lowest BCUT2D eigenvalue weighted by atomic mass is 9.83. The van der Waals surface area contributed by atoms with E-state index in [4.69, 9.17) is 13.9 Å². The Morgan fingerprint density at radius 3 is 2.23 bits per heavy atom. The van der Waals surface area contributed by atoms with Crippen LogP contribution in [0.3, 0.4) is 0 Å². The Bertz CT molecular complexity index is 979. The number of hydrogen-bond donors (Lipinski definition) is 1. The molecule has 35 heavy (non-hydrogen) atoms. The summed E-state index contributed by atoms with van der Waals surface area (Å²) >= 11 is 0. The van der Waals surface area contributed by atoms with Gasteiger partial charge in [0.1, 0.15) is 23.1 Å². The molecule has 198 valence electrons. The van der Waals surface area contributed by atoms with E-state index >= 15 is 0 Å². The largest absolute Gasteiger partial charge is 0.408 e. The van der Waals surface area contributed by atoms with Crippen molar-refractivity contribution < 1.29 is 27.4 Å². The fourth-order valence-electron chi connectivity index (χ4n) is 4.26. The van der Waals surface area contributed by atoms with Crippen molar-refractivity contribution in [3.05, 3.63) is 54.6 Å². The monoisotopic (exact) mass is 524 g/mol. The standard InChI is InChI=1S/C27H44O6SSi/c1-10-11-13-18-22(34(29,30)21-16-14-12-15-17-21)27(6,28)25-24(23(31-7)20(2)19-32-25)33-35(8,9)26(3,4)5/h10-18,20,22-25,28H,19H2,1-9H3/b11-10+,18-13+/t20-,22?,23-,24+,25+,27?/m0/s1. The highest BCUT2D eigenvalue weighted by atomic mass is 32.2. The van der Waals surface area contributed by atoms with Gasteiger partial charge in [-0.15, -0.1) is 0 Å². The minimum absolute atomic E-state index is 0.0181. The van der Waals surface area contributed by atoms with E-state index in [2.05, 4.69) is 33.9 Å². The zero-order valence-electron chi connectivity index (χ0n) is 22.7. The first-order chi connectivity index (χ1) is 16.1. The zero-order valence-corrected chi connectivity index (χ0v) is 24.5. The topological polar surface area (TPSA) is 82.1 Å². The second kappa shape index (κ2) is 11.4. The van der Waals surface area contributed by atoms with Gasteiger partial charge >= 0.3 is 0 Å². The summed E-state index contributed by atoms with van der Waals surface area (Å²) in [7, 11) is -4.65. The van der Waals surface area contributed by atoms with Crippen LogP contribution in [0.5, 0.6) is 0 Å². The first kappa shape index (κ1) is 29.9. The van der Waals surface area contributed by atoms with Gasteiger partial charge in [0, 0.05) is 13.0 Å². The summed E-state index contributed by atoms with van der Waals surface area (Å²) in [5.41, 5.74) is -1.81. The Morgan fingerprint density at radius 2 is 1.71 bits per heavy atom. The van der Waals surface area contributed by atoms with E-state index in [9.17, 15) is 13.5 Å². The minimum Gasteiger partial charge on any atom is -0.408 e. The van der Waals surface area contributed by atoms with Crippen LogP contribution in [0.1, 0.15) is 41.5 Å². The molecule has 1 N–H and O–H groups in total. The molecular weight excluding hydrogens is 480 g/mol. The van der Waals surface area contributed by atoms with Crippen LogP contribution in [0.4, 0.5) is 0 Å². The molecule has 1 aromatic carbocycles. The number of rotatable bonds is 9. The Labute approximate surface area is 213 Å². The smallest absolute Gasteiger partial charge is 0.192 e. The number of allylic oxidation sites excluding steroid dienone is 3. The van der Waals surface area contributed by atoms with Crippen LogP contribution in [0.25, 0.3) is 0 Å². The molecule has 0 spiro atoms. The second-order valence-corrected chi connectivity index (χ2v) is 18.0. The van der Waals surface area contributed by atoms with Crippen molar-refractivity contribution in [2.24, 2.45) is 5.92 Å². The normalized spacial score (nSPS) is 27.3. The van der Waals surface area contributed by atoms with E-state index in [1.165, 1.54) is 13.0 Å². The van der Waals surface area contributed by atoms with E-state index in [0.29, 0.717) is 6.61 Å². The highest BCUT2D eigenvalue weighted by Crippen LogP contribution is 2.42. The molecule has 1 fully saturated rings. The molecule has 0 amide bonds. The van der Waals surface area contributed by atoms with Gasteiger partial charge < -0.3 is 19.0 Å². The van der Waals surface area contributed by atoms with Gasteiger partial charge in [0.2, 0.25) is 0 Å². The molecule has 0 saturated carbocycles. The molecule has 1 heterocycles. The Balaban J connectivity index is 2.64. The molecule has 1 saturated heterocycles. The maximum atomic E-state index is 13.8. The number of methoxy groups -OCH3 is 1. The molecule has 2 rings (SSSR count). The van der Waals surface area contributed by atoms with Crippen molar-refractivity contribution in [2.45, 2.75) is 93.7 Å². The van der Waals surface area contributed by atoms with E-state index < -0.39 is 41.2 Å². The fraction of sp³-hybridized carbons (Fsp3) is 0.630. The van der Waals surface area contributed by atoms with Gasteiger partial charge in [-0.05, 0) is 44.1 Å². The van der Waals surface area contributed by atoms with Crippen molar-refractivity contribution in [2.75, 3.05) is 13.7 Å². The lowest BCUT2D eigenvalue weighted by Gasteiger charge is -2.51. The lowest BCUT2D eigenvalue weighted by molar-refractivity contribution is -0.216. The van der Waals surface area contributed by atoms with Crippen LogP contribution >= 0.6 is 0 Å². The quantitative estimate of drug-likeness (QED) is 0.355. The minimum atomic E-state index is -3.96. The van der Waals surface area contributed by atoms with Gasteiger partial charge in [-0.1, -0.05) is 70.2 Å². The molecule has 1 aliphatic rings. The molecule has 6 atom stereocenters.